The molecule has 0 amide bonds. The molecule has 0 heterocycles. The van der Waals surface area contributed by atoms with Crippen LogP contribution in [-0.2, 0) is 0 Å². The SMILES string of the molecule is CCCCN(c1cc(Cl)ccc1C(=O)O)C(C)CC. The zero-order chi connectivity index (χ0) is 14.4. The molecular weight excluding hydrogens is 262 g/mol. The Morgan fingerprint density at radius 1 is 1.42 bits per heavy atom. The summed E-state index contributed by atoms with van der Waals surface area (Å²) in [6.45, 7) is 7.20. The van der Waals surface area contributed by atoms with Gasteiger partial charge in [0.25, 0.3) is 0 Å². The number of carboxylic acid groups (broad SMARTS) is 1. The normalized spacial score (nSPS) is 12.2. The number of anilines is 1. The van der Waals surface area contributed by atoms with Crippen LogP contribution in [0.25, 0.3) is 0 Å². The largest absolute Gasteiger partial charge is 0.478 e. The van der Waals surface area contributed by atoms with Crippen LogP contribution >= 0.6 is 11.6 Å². The molecule has 0 fully saturated rings. The summed E-state index contributed by atoms with van der Waals surface area (Å²) in [7, 11) is 0. The van der Waals surface area contributed by atoms with Gasteiger partial charge in [-0.3, -0.25) is 0 Å². The van der Waals surface area contributed by atoms with Crippen molar-refractivity contribution in [2.24, 2.45) is 0 Å². The minimum Gasteiger partial charge on any atom is -0.478 e. The molecular formula is C15H22ClNO2. The Labute approximate surface area is 120 Å². The molecule has 0 bridgehead atoms. The summed E-state index contributed by atoms with van der Waals surface area (Å²) in [5.74, 6) is -0.906. The Kier molecular flexibility index (Phi) is 6.16. The zero-order valence-corrected chi connectivity index (χ0v) is 12.6. The molecule has 0 saturated heterocycles. The third kappa shape index (κ3) is 4.13. The lowest BCUT2D eigenvalue weighted by molar-refractivity contribution is 0.0697. The van der Waals surface area contributed by atoms with Crippen LogP contribution in [0, 0.1) is 0 Å². The van der Waals surface area contributed by atoms with E-state index in [1.807, 2.05) is 0 Å². The van der Waals surface area contributed by atoms with Gasteiger partial charge in [0.2, 0.25) is 0 Å². The van der Waals surface area contributed by atoms with Gasteiger partial charge in [0, 0.05) is 17.6 Å². The summed E-state index contributed by atoms with van der Waals surface area (Å²) in [5, 5.41) is 9.89. The summed E-state index contributed by atoms with van der Waals surface area (Å²) in [4.78, 5) is 13.5. The highest BCUT2D eigenvalue weighted by Crippen LogP contribution is 2.27. The predicted octanol–water partition coefficient (Wildman–Crippen LogP) is 4.44. The monoisotopic (exact) mass is 283 g/mol. The van der Waals surface area contributed by atoms with Crippen LogP contribution in [0.15, 0.2) is 18.2 Å². The average molecular weight is 284 g/mol. The molecule has 1 atom stereocenters. The Bertz CT molecular complexity index is 434. The van der Waals surface area contributed by atoms with Crippen molar-refractivity contribution >= 4 is 23.3 Å². The molecule has 0 aliphatic heterocycles. The molecule has 1 aromatic carbocycles. The van der Waals surface area contributed by atoms with Crippen molar-refractivity contribution in [3.8, 4) is 0 Å². The number of rotatable bonds is 7. The minimum absolute atomic E-state index is 0.295. The number of halogens is 1. The van der Waals surface area contributed by atoms with Gasteiger partial charge in [-0.2, -0.15) is 0 Å². The summed E-state index contributed by atoms with van der Waals surface area (Å²) in [5.41, 5.74) is 1.05. The molecule has 106 valence electrons. The fourth-order valence-corrected chi connectivity index (χ4v) is 2.22. The molecule has 1 rings (SSSR count). The molecule has 0 aliphatic rings. The molecule has 1 unspecified atom stereocenters. The van der Waals surface area contributed by atoms with Crippen molar-refractivity contribution < 1.29 is 9.90 Å². The third-order valence-electron chi connectivity index (χ3n) is 3.38. The lowest BCUT2D eigenvalue weighted by atomic mass is 10.1. The van der Waals surface area contributed by atoms with Crippen LogP contribution in [0.2, 0.25) is 5.02 Å². The van der Waals surface area contributed by atoms with Crippen molar-refractivity contribution in [1.29, 1.82) is 0 Å². The highest BCUT2D eigenvalue weighted by molar-refractivity contribution is 6.31. The van der Waals surface area contributed by atoms with Crippen LogP contribution in [-0.4, -0.2) is 23.7 Å². The number of carboxylic acids is 1. The summed E-state index contributed by atoms with van der Waals surface area (Å²) >= 11 is 6.03. The van der Waals surface area contributed by atoms with Gasteiger partial charge < -0.3 is 10.0 Å². The summed E-state index contributed by atoms with van der Waals surface area (Å²) in [6, 6.07) is 5.26. The van der Waals surface area contributed by atoms with E-state index in [1.165, 1.54) is 0 Å². The smallest absolute Gasteiger partial charge is 0.337 e. The van der Waals surface area contributed by atoms with Crippen LogP contribution in [0.3, 0.4) is 0 Å². The lowest BCUT2D eigenvalue weighted by Crippen LogP contribution is -2.34. The van der Waals surface area contributed by atoms with Crippen molar-refractivity contribution in [3.63, 3.8) is 0 Å². The van der Waals surface area contributed by atoms with Gasteiger partial charge in [0.15, 0.2) is 0 Å². The number of benzene rings is 1. The maximum Gasteiger partial charge on any atom is 0.337 e. The van der Waals surface area contributed by atoms with E-state index in [1.54, 1.807) is 18.2 Å². The van der Waals surface area contributed by atoms with Crippen molar-refractivity contribution in [2.75, 3.05) is 11.4 Å². The molecule has 0 spiro atoms. The van der Waals surface area contributed by atoms with Crippen molar-refractivity contribution in [1.82, 2.24) is 0 Å². The van der Waals surface area contributed by atoms with Gasteiger partial charge in [-0.15, -0.1) is 0 Å². The van der Waals surface area contributed by atoms with E-state index in [-0.39, 0.29) is 0 Å². The summed E-state index contributed by atoms with van der Waals surface area (Å²) < 4.78 is 0. The van der Waals surface area contributed by atoms with E-state index in [0.29, 0.717) is 16.6 Å². The maximum absolute atomic E-state index is 11.4. The fraction of sp³-hybridized carbons (Fsp3) is 0.533. The second-order valence-electron chi connectivity index (χ2n) is 4.77. The zero-order valence-electron chi connectivity index (χ0n) is 11.8. The molecule has 1 N–H and O–H groups in total. The van der Waals surface area contributed by atoms with E-state index in [9.17, 15) is 9.90 Å². The number of hydrogen-bond acceptors (Lipinski definition) is 2. The first kappa shape index (κ1) is 15.8. The topological polar surface area (TPSA) is 40.5 Å². The Morgan fingerprint density at radius 2 is 2.11 bits per heavy atom. The van der Waals surface area contributed by atoms with Crippen LogP contribution in [0.5, 0.6) is 0 Å². The van der Waals surface area contributed by atoms with Gasteiger partial charge in [-0.1, -0.05) is 31.9 Å². The number of nitrogens with zero attached hydrogens (tertiary/aromatic N) is 1. The second kappa shape index (κ2) is 7.39. The molecule has 3 nitrogen and oxygen atoms in total. The second-order valence-corrected chi connectivity index (χ2v) is 5.21. The molecule has 4 heteroatoms. The third-order valence-corrected chi connectivity index (χ3v) is 3.61. The van der Waals surface area contributed by atoms with Crippen molar-refractivity contribution in [2.45, 2.75) is 46.1 Å². The van der Waals surface area contributed by atoms with E-state index >= 15 is 0 Å². The van der Waals surface area contributed by atoms with E-state index in [2.05, 4.69) is 25.7 Å². The van der Waals surface area contributed by atoms with Gasteiger partial charge in [-0.05, 0) is 38.0 Å². The van der Waals surface area contributed by atoms with E-state index in [4.69, 9.17) is 11.6 Å². The van der Waals surface area contributed by atoms with Gasteiger partial charge in [0.05, 0.1) is 11.3 Å². The average Bonchev–Trinajstić information content (AvgIpc) is 2.38. The number of unbranched alkanes of at least 4 members (excludes halogenated alkanes) is 1. The first-order valence-electron chi connectivity index (χ1n) is 6.80. The van der Waals surface area contributed by atoms with Gasteiger partial charge in [-0.25, -0.2) is 4.79 Å². The molecule has 19 heavy (non-hydrogen) atoms. The Morgan fingerprint density at radius 3 is 2.63 bits per heavy atom. The molecule has 0 radical (unpaired) electrons. The molecule has 1 aromatic rings. The number of carbonyl (C=O) groups is 1. The highest BCUT2D eigenvalue weighted by Gasteiger charge is 2.19. The summed E-state index contributed by atoms with van der Waals surface area (Å²) in [6.07, 6.45) is 3.08. The standard InChI is InChI=1S/C15H22ClNO2/c1-4-6-9-17(11(3)5-2)14-10-12(16)7-8-13(14)15(18)19/h7-8,10-11H,4-6,9H2,1-3H3,(H,18,19). The van der Waals surface area contributed by atoms with Crippen molar-refractivity contribution in [3.05, 3.63) is 28.8 Å². The highest BCUT2D eigenvalue weighted by atomic mass is 35.5. The van der Waals surface area contributed by atoms with E-state index < -0.39 is 5.97 Å². The van der Waals surface area contributed by atoms with Crippen LogP contribution < -0.4 is 4.90 Å². The Hall–Kier alpha value is -1.22. The first-order valence-corrected chi connectivity index (χ1v) is 7.18. The quantitative estimate of drug-likeness (QED) is 0.804. The maximum atomic E-state index is 11.4. The Balaban J connectivity index is 3.19. The number of hydrogen-bond donors (Lipinski definition) is 1. The van der Waals surface area contributed by atoms with Crippen LogP contribution in [0.4, 0.5) is 5.69 Å². The molecule has 0 aromatic heterocycles. The lowest BCUT2D eigenvalue weighted by Gasteiger charge is -2.32. The van der Waals surface area contributed by atoms with E-state index in [0.717, 1.165) is 31.5 Å². The molecule has 0 aliphatic carbocycles. The molecule has 0 saturated carbocycles. The van der Waals surface area contributed by atoms with Crippen LogP contribution in [0.1, 0.15) is 50.4 Å². The fourth-order valence-electron chi connectivity index (χ4n) is 2.05. The minimum atomic E-state index is -0.906. The van der Waals surface area contributed by atoms with Gasteiger partial charge in [0.1, 0.15) is 0 Å². The predicted molar refractivity (Wildman–Crippen MR) is 80.4 cm³/mol. The van der Waals surface area contributed by atoms with Gasteiger partial charge >= 0.3 is 5.97 Å². The number of aromatic carboxylic acids is 1. The first-order chi connectivity index (χ1) is 9.01.